The number of carbonyl (C=O) groups is 2. The summed E-state index contributed by atoms with van der Waals surface area (Å²) in [6.07, 6.45) is 1.54. The van der Waals surface area contributed by atoms with Crippen LogP contribution >= 0.6 is 0 Å². The summed E-state index contributed by atoms with van der Waals surface area (Å²) >= 11 is 0. The van der Waals surface area contributed by atoms with Crippen LogP contribution in [0.2, 0.25) is 0 Å². The van der Waals surface area contributed by atoms with Crippen molar-refractivity contribution in [1.29, 1.82) is 0 Å². The summed E-state index contributed by atoms with van der Waals surface area (Å²) in [5.41, 5.74) is 2.34. The largest absolute Gasteiger partial charge is 0.465 e. The maximum Gasteiger partial charge on any atom is 0.345 e. The third-order valence-corrected chi connectivity index (χ3v) is 3.60. The van der Waals surface area contributed by atoms with E-state index in [1.54, 1.807) is 0 Å². The van der Waals surface area contributed by atoms with Gasteiger partial charge in [0.05, 0.1) is 14.2 Å². The van der Waals surface area contributed by atoms with Crippen LogP contribution in [0.5, 0.6) is 0 Å². The lowest BCUT2D eigenvalue weighted by Crippen LogP contribution is -2.17. The number of carbonyl (C=O) groups excluding carboxylic acids is 2. The monoisotopic (exact) mass is 315 g/mol. The minimum absolute atomic E-state index is 0.134. The maximum absolute atomic E-state index is 11.9. The first-order valence-electron chi connectivity index (χ1n) is 7.29. The predicted molar refractivity (Wildman–Crippen MR) is 89.0 cm³/mol. The van der Waals surface area contributed by atoms with Crippen LogP contribution in [0.1, 0.15) is 32.0 Å². The van der Waals surface area contributed by atoms with Gasteiger partial charge >= 0.3 is 11.9 Å². The number of fused-ring (bicyclic) bond motifs is 1. The maximum atomic E-state index is 11.9. The van der Waals surface area contributed by atoms with Crippen molar-refractivity contribution in [2.24, 2.45) is 0 Å². The number of hydrogen-bond donors (Lipinski definition) is 1. The molecule has 1 N–H and O–H groups in total. The topological polar surface area (TPSA) is 68.4 Å². The van der Waals surface area contributed by atoms with E-state index in [-0.39, 0.29) is 11.0 Å². The van der Waals surface area contributed by atoms with E-state index in [1.165, 1.54) is 20.3 Å². The summed E-state index contributed by atoms with van der Waals surface area (Å²) in [5, 5.41) is 0.933. The number of rotatable bonds is 3. The molecule has 0 unspecified atom stereocenters. The first-order valence-corrected chi connectivity index (χ1v) is 7.29. The van der Waals surface area contributed by atoms with Gasteiger partial charge in [0.1, 0.15) is 5.57 Å². The van der Waals surface area contributed by atoms with Gasteiger partial charge in [0.2, 0.25) is 0 Å². The SMILES string of the molecule is COC(=O)C(=Cc1c(C(C)(C)C)[nH]c2ccccc12)C(=O)OC. The quantitative estimate of drug-likeness (QED) is 0.409. The molecule has 0 fully saturated rings. The molecule has 5 nitrogen and oxygen atoms in total. The van der Waals surface area contributed by atoms with E-state index in [0.717, 1.165) is 22.2 Å². The normalized spacial score (nSPS) is 11.2. The second kappa shape index (κ2) is 6.28. The average molecular weight is 315 g/mol. The summed E-state index contributed by atoms with van der Waals surface area (Å²) in [7, 11) is 2.47. The van der Waals surface area contributed by atoms with Gasteiger partial charge in [0.15, 0.2) is 0 Å². The molecule has 0 spiro atoms. The van der Waals surface area contributed by atoms with Crippen molar-refractivity contribution in [1.82, 2.24) is 4.98 Å². The third-order valence-electron chi connectivity index (χ3n) is 3.60. The van der Waals surface area contributed by atoms with Crippen LogP contribution in [0.3, 0.4) is 0 Å². The number of aromatic nitrogens is 1. The lowest BCUT2D eigenvalue weighted by atomic mass is 9.88. The highest BCUT2D eigenvalue weighted by molar-refractivity contribution is 6.18. The molecule has 0 bridgehead atoms. The van der Waals surface area contributed by atoms with Crippen LogP contribution in [0.4, 0.5) is 0 Å². The van der Waals surface area contributed by atoms with Gasteiger partial charge in [0, 0.05) is 27.6 Å². The molecule has 0 aliphatic heterocycles. The van der Waals surface area contributed by atoms with Gasteiger partial charge in [-0.1, -0.05) is 39.0 Å². The molecule has 2 rings (SSSR count). The van der Waals surface area contributed by atoms with Crippen molar-refractivity contribution in [2.45, 2.75) is 26.2 Å². The summed E-state index contributed by atoms with van der Waals surface area (Å²) in [5.74, 6) is -1.44. The molecule has 2 aromatic rings. The number of para-hydroxylation sites is 1. The zero-order valence-electron chi connectivity index (χ0n) is 14.0. The zero-order valence-corrected chi connectivity index (χ0v) is 14.0. The molecule has 0 atom stereocenters. The lowest BCUT2D eigenvalue weighted by Gasteiger charge is -2.18. The number of aromatic amines is 1. The Labute approximate surface area is 135 Å². The standard InChI is InChI=1S/C18H21NO4/c1-18(2,3)15-12(11-8-6-7-9-14(11)19-15)10-13(16(20)22-4)17(21)23-5/h6-10,19H,1-5H3. The molecule has 23 heavy (non-hydrogen) atoms. The molecule has 0 amide bonds. The Bertz CT molecular complexity index is 760. The Morgan fingerprint density at radius 2 is 1.61 bits per heavy atom. The van der Waals surface area contributed by atoms with E-state index in [9.17, 15) is 9.59 Å². The summed E-state index contributed by atoms with van der Waals surface area (Å²) in [4.78, 5) is 27.2. The van der Waals surface area contributed by atoms with Crippen LogP contribution < -0.4 is 0 Å². The molecule has 1 heterocycles. The number of benzene rings is 1. The smallest absolute Gasteiger partial charge is 0.345 e. The number of esters is 2. The van der Waals surface area contributed by atoms with Crippen LogP contribution in [-0.4, -0.2) is 31.1 Å². The number of ether oxygens (including phenoxy) is 2. The number of methoxy groups -OCH3 is 2. The second-order valence-electron chi connectivity index (χ2n) is 6.25. The van der Waals surface area contributed by atoms with Crippen LogP contribution in [0.25, 0.3) is 17.0 Å². The molecule has 0 saturated heterocycles. The Morgan fingerprint density at radius 3 is 2.13 bits per heavy atom. The van der Waals surface area contributed by atoms with E-state index in [0.29, 0.717) is 0 Å². The highest BCUT2D eigenvalue weighted by atomic mass is 16.5. The van der Waals surface area contributed by atoms with Gasteiger partial charge in [-0.15, -0.1) is 0 Å². The van der Waals surface area contributed by atoms with Crippen molar-refractivity contribution in [3.05, 3.63) is 41.1 Å². The molecular weight excluding hydrogens is 294 g/mol. The first kappa shape index (κ1) is 16.8. The van der Waals surface area contributed by atoms with Gasteiger partial charge < -0.3 is 14.5 Å². The van der Waals surface area contributed by atoms with Gasteiger partial charge in [-0.25, -0.2) is 9.59 Å². The van der Waals surface area contributed by atoms with Gasteiger partial charge in [-0.2, -0.15) is 0 Å². The first-order chi connectivity index (χ1) is 10.8. The highest BCUT2D eigenvalue weighted by Gasteiger charge is 2.25. The van der Waals surface area contributed by atoms with E-state index < -0.39 is 11.9 Å². The Hall–Kier alpha value is -2.56. The minimum Gasteiger partial charge on any atom is -0.465 e. The van der Waals surface area contributed by atoms with Gasteiger partial charge in [-0.3, -0.25) is 0 Å². The molecule has 0 aliphatic rings. The van der Waals surface area contributed by atoms with Crippen molar-refractivity contribution in [3.8, 4) is 0 Å². The molecule has 5 heteroatoms. The number of hydrogen-bond acceptors (Lipinski definition) is 4. The Balaban J connectivity index is 2.76. The predicted octanol–water partition coefficient (Wildman–Crippen LogP) is 3.19. The molecular formula is C18H21NO4. The lowest BCUT2D eigenvalue weighted by molar-refractivity contribution is -0.143. The summed E-state index contributed by atoms with van der Waals surface area (Å²) in [6, 6.07) is 7.74. The van der Waals surface area contributed by atoms with E-state index in [2.05, 4.69) is 25.8 Å². The summed E-state index contributed by atoms with van der Waals surface area (Å²) in [6.45, 7) is 6.18. The van der Waals surface area contributed by atoms with E-state index in [4.69, 9.17) is 9.47 Å². The van der Waals surface area contributed by atoms with E-state index >= 15 is 0 Å². The zero-order chi connectivity index (χ0) is 17.2. The van der Waals surface area contributed by atoms with Crippen molar-refractivity contribution in [3.63, 3.8) is 0 Å². The molecule has 1 aromatic carbocycles. The van der Waals surface area contributed by atoms with Crippen LogP contribution in [0.15, 0.2) is 29.8 Å². The fourth-order valence-electron chi connectivity index (χ4n) is 2.47. The van der Waals surface area contributed by atoms with Crippen molar-refractivity contribution in [2.75, 3.05) is 14.2 Å². The molecule has 0 aliphatic carbocycles. The van der Waals surface area contributed by atoms with Gasteiger partial charge in [-0.05, 0) is 12.1 Å². The Morgan fingerprint density at radius 1 is 1.04 bits per heavy atom. The average Bonchev–Trinajstić information content (AvgIpc) is 2.90. The molecule has 0 radical (unpaired) electrons. The van der Waals surface area contributed by atoms with Crippen LogP contribution in [0, 0.1) is 0 Å². The highest BCUT2D eigenvalue weighted by Crippen LogP contribution is 2.33. The second-order valence-corrected chi connectivity index (χ2v) is 6.25. The Kier molecular flexibility index (Phi) is 4.59. The third kappa shape index (κ3) is 3.28. The minimum atomic E-state index is -0.720. The number of nitrogens with one attached hydrogen (secondary N) is 1. The van der Waals surface area contributed by atoms with Crippen molar-refractivity contribution >= 4 is 28.9 Å². The van der Waals surface area contributed by atoms with Crippen molar-refractivity contribution < 1.29 is 19.1 Å². The summed E-state index contributed by atoms with van der Waals surface area (Å²) < 4.78 is 9.41. The fraction of sp³-hybridized carbons (Fsp3) is 0.333. The van der Waals surface area contributed by atoms with Gasteiger partial charge in [0.25, 0.3) is 0 Å². The molecule has 1 aromatic heterocycles. The molecule has 0 saturated carbocycles. The van der Waals surface area contributed by atoms with E-state index in [1.807, 2.05) is 24.3 Å². The number of H-pyrrole nitrogens is 1. The molecule has 122 valence electrons. The van der Waals surface area contributed by atoms with Crippen LogP contribution in [-0.2, 0) is 24.5 Å². The fourth-order valence-corrected chi connectivity index (χ4v) is 2.47.